The smallest absolute Gasteiger partial charge is 0.329 e. The van der Waals surface area contributed by atoms with Crippen LogP contribution in [0.2, 0.25) is 0 Å². The van der Waals surface area contributed by atoms with Gasteiger partial charge >= 0.3 is 5.97 Å². The van der Waals surface area contributed by atoms with Crippen molar-refractivity contribution in [2.24, 2.45) is 0 Å². The van der Waals surface area contributed by atoms with Crippen molar-refractivity contribution in [3.8, 4) is 0 Å². The first-order valence-corrected chi connectivity index (χ1v) is 4.59. The molecule has 4 nitrogen and oxygen atoms in total. The molecular formula is C8H13NO3S. The standard InChI is InChI=1S/C8H13NO3S/c1-8(2,7(11)12)9-4-5(13)3-6(9)10/h5,13H,3-4H2,1-2H3,(H,11,12). The molecule has 1 heterocycles. The number of thiol groups is 1. The van der Waals surface area contributed by atoms with Gasteiger partial charge in [0.05, 0.1) is 0 Å². The Hall–Kier alpha value is -0.710. The van der Waals surface area contributed by atoms with E-state index >= 15 is 0 Å². The van der Waals surface area contributed by atoms with E-state index < -0.39 is 11.5 Å². The van der Waals surface area contributed by atoms with Gasteiger partial charge in [0.1, 0.15) is 5.54 Å². The van der Waals surface area contributed by atoms with Crippen LogP contribution in [-0.4, -0.2) is 39.2 Å². The van der Waals surface area contributed by atoms with Gasteiger partial charge in [-0.15, -0.1) is 0 Å². The summed E-state index contributed by atoms with van der Waals surface area (Å²) in [6.45, 7) is 3.47. The van der Waals surface area contributed by atoms with Crippen LogP contribution >= 0.6 is 12.6 Å². The number of aliphatic carboxylic acids is 1. The molecule has 0 aromatic carbocycles. The molecule has 0 aliphatic carbocycles. The van der Waals surface area contributed by atoms with Crippen LogP contribution in [0.15, 0.2) is 0 Å². The van der Waals surface area contributed by atoms with Crippen molar-refractivity contribution in [2.45, 2.75) is 31.1 Å². The van der Waals surface area contributed by atoms with E-state index in [1.54, 1.807) is 0 Å². The summed E-state index contributed by atoms with van der Waals surface area (Å²) in [7, 11) is 0. The van der Waals surface area contributed by atoms with E-state index in [1.807, 2.05) is 0 Å². The number of amides is 1. The molecule has 1 amide bonds. The number of hydrogen-bond donors (Lipinski definition) is 2. The minimum Gasteiger partial charge on any atom is -0.480 e. The number of carbonyl (C=O) groups excluding carboxylic acids is 1. The molecule has 1 fully saturated rings. The fraction of sp³-hybridized carbons (Fsp3) is 0.750. The van der Waals surface area contributed by atoms with Gasteiger partial charge in [0.2, 0.25) is 5.91 Å². The second-order valence-corrected chi connectivity index (χ2v) is 4.46. The van der Waals surface area contributed by atoms with Crippen molar-refractivity contribution in [1.82, 2.24) is 4.90 Å². The Morgan fingerprint density at radius 2 is 2.23 bits per heavy atom. The predicted molar refractivity (Wildman–Crippen MR) is 50.8 cm³/mol. The normalized spacial score (nSPS) is 23.8. The Labute approximate surface area is 82.3 Å². The maximum Gasteiger partial charge on any atom is 0.329 e. The number of carbonyl (C=O) groups is 2. The number of nitrogens with zero attached hydrogens (tertiary/aromatic N) is 1. The lowest BCUT2D eigenvalue weighted by Gasteiger charge is -2.31. The number of likely N-dealkylation sites (tertiary alicyclic amines) is 1. The van der Waals surface area contributed by atoms with Gasteiger partial charge in [0.15, 0.2) is 0 Å². The highest BCUT2D eigenvalue weighted by Crippen LogP contribution is 2.24. The van der Waals surface area contributed by atoms with Crippen LogP contribution in [0, 0.1) is 0 Å². The molecule has 1 unspecified atom stereocenters. The summed E-state index contributed by atoms with van der Waals surface area (Å²) < 4.78 is 0. The van der Waals surface area contributed by atoms with E-state index in [9.17, 15) is 9.59 Å². The van der Waals surface area contributed by atoms with Gasteiger partial charge in [0.25, 0.3) is 0 Å². The fourth-order valence-corrected chi connectivity index (χ4v) is 1.66. The summed E-state index contributed by atoms with van der Waals surface area (Å²) in [6.07, 6.45) is 0.333. The molecule has 0 bridgehead atoms. The van der Waals surface area contributed by atoms with Gasteiger partial charge in [-0.1, -0.05) is 0 Å². The van der Waals surface area contributed by atoms with E-state index in [2.05, 4.69) is 12.6 Å². The minimum absolute atomic E-state index is 0.0360. The molecule has 1 aliphatic heterocycles. The Morgan fingerprint density at radius 1 is 1.69 bits per heavy atom. The lowest BCUT2D eigenvalue weighted by Crippen LogP contribution is -2.50. The summed E-state index contributed by atoms with van der Waals surface area (Å²) in [5.74, 6) is -1.12. The van der Waals surface area contributed by atoms with Crippen LogP contribution < -0.4 is 0 Å². The third-order valence-corrected chi connectivity index (χ3v) is 2.65. The van der Waals surface area contributed by atoms with E-state index in [4.69, 9.17) is 5.11 Å². The molecule has 1 aliphatic rings. The van der Waals surface area contributed by atoms with Gasteiger partial charge < -0.3 is 10.0 Å². The van der Waals surface area contributed by atoms with Gasteiger partial charge in [-0.2, -0.15) is 12.6 Å². The highest BCUT2D eigenvalue weighted by atomic mass is 32.1. The number of rotatable bonds is 2. The zero-order chi connectivity index (χ0) is 10.2. The molecular weight excluding hydrogens is 190 g/mol. The van der Waals surface area contributed by atoms with Crippen LogP contribution in [0.4, 0.5) is 0 Å². The Bertz CT molecular complexity index is 252. The van der Waals surface area contributed by atoms with Gasteiger partial charge in [-0.25, -0.2) is 4.79 Å². The van der Waals surface area contributed by atoms with Crippen LogP contribution in [0.5, 0.6) is 0 Å². The van der Waals surface area contributed by atoms with Crippen molar-refractivity contribution in [3.05, 3.63) is 0 Å². The van der Waals surface area contributed by atoms with Crippen LogP contribution in [0.3, 0.4) is 0 Å². The number of hydrogen-bond acceptors (Lipinski definition) is 3. The Balaban J connectivity index is 2.83. The zero-order valence-corrected chi connectivity index (χ0v) is 8.54. The third kappa shape index (κ3) is 1.80. The van der Waals surface area contributed by atoms with Gasteiger partial charge in [-0.3, -0.25) is 4.79 Å². The quantitative estimate of drug-likeness (QED) is 0.638. The van der Waals surface area contributed by atoms with Crippen molar-refractivity contribution in [1.29, 1.82) is 0 Å². The minimum atomic E-state index is -1.12. The summed E-state index contributed by atoms with van der Waals surface area (Å²) >= 11 is 4.16. The molecule has 74 valence electrons. The molecule has 0 saturated carbocycles. The molecule has 1 saturated heterocycles. The van der Waals surface area contributed by atoms with Crippen molar-refractivity contribution >= 4 is 24.5 Å². The number of carboxylic acid groups (broad SMARTS) is 1. The highest BCUT2D eigenvalue weighted by Gasteiger charge is 2.42. The van der Waals surface area contributed by atoms with E-state index in [0.29, 0.717) is 13.0 Å². The summed E-state index contributed by atoms with van der Waals surface area (Å²) in [6, 6.07) is 0. The monoisotopic (exact) mass is 203 g/mol. The lowest BCUT2D eigenvalue weighted by molar-refractivity contribution is -0.154. The summed E-state index contributed by atoms with van der Waals surface area (Å²) in [4.78, 5) is 23.6. The topological polar surface area (TPSA) is 57.6 Å². The average Bonchev–Trinajstić information content (AvgIpc) is 2.30. The molecule has 1 rings (SSSR count). The molecule has 0 radical (unpaired) electrons. The third-order valence-electron chi connectivity index (χ3n) is 2.30. The van der Waals surface area contributed by atoms with E-state index in [1.165, 1.54) is 18.7 Å². The molecule has 0 spiro atoms. The molecule has 0 aromatic rings. The second-order valence-electron chi connectivity index (χ2n) is 3.73. The van der Waals surface area contributed by atoms with Crippen molar-refractivity contribution in [3.63, 3.8) is 0 Å². The first-order valence-electron chi connectivity index (χ1n) is 4.07. The molecule has 1 atom stereocenters. The average molecular weight is 203 g/mol. The molecule has 13 heavy (non-hydrogen) atoms. The summed E-state index contributed by atoms with van der Waals surface area (Å²) in [5.41, 5.74) is -1.12. The predicted octanol–water partition coefficient (Wildman–Crippen LogP) is 0.380. The largest absolute Gasteiger partial charge is 0.480 e. The van der Waals surface area contributed by atoms with E-state index in [0.717, 1.165) is 0 Å². The first kappa shape index (κ1) is 10.4. The van der Waals surface area contributed by atoms with Crippen LogP contribution in [0.1, 0.15) is 20.3 Å². The first-order chi connectivity index (χ1) is 5.85. The van der Waals surface area contributed by atoms with E-state index in [-0.39, 0.29) is 11.2 Å². The van der Waals surface area contributed by atoms with Gasteiger partial charge in [0, 0.05) is 18.2 Å². The highest BCUT2D eigenvalue weighted by molar-refractivity contribution is 7.81. The lowest BCUT2D eigenvalue weighted by atomic mass is 10.0. The van der Waals surface area contributed by atoms with Crippen LogP contribution in [0.25, 0.3) is 0 Å². The van der Waals surface area contributed by atoms with Crippen molar-refractivity contribution in [2.75, 3.05) is 6.54 Å². The maximum atomic E-state index is 11.3. The zero-order valence-electron chi connectivity index (χ0n) is 7.65. The van der Waals surface area contributed by atoms with Crippen LogP contribution in [-0.2, 0) is 9.59 Å². The Kier molecular flexibility index (Phi) is 2.56. The molecule has 1 N–H and O–H groups in total. The summed E-state index contributed by atoms with van der Waals surface area (Å²) in [5, 5.41) is 8.85. The van der Waals surface area contributed by atoms with Gasteiger partial charge in [-0.05, 0) is 13.8 Å². The SMILES string of the molecule is CC(C)(C(=O)O)N1CC(S)CC1=O. The number of carboxylic acids is 1. The van der Waals surface area contributed by atoms with Crippen molar-refractivity contribution < 1.29 is 14.7 Å². The maximum absolute atomic E-state index is 11.3. The fourth-order valence-electron chi connectivity index (χ4n) is 1.34. The molecule has 5 heteroatoms. The second kappa shape index (κ2) is 3.21. The molecule has 0 aromatic heterocycles. The Morgan fingerprint density at radius 3 is 2.54 bits per heavy atom.